The fourth-order valence-electron chi connectivity index (χ4n) is 1.46. The van der Waals surface area contributed by atoms with Gasteiger partial charge >= 0.3 is 5.97 Å². The van der Waals surface area contributed by atoms with Crippen LogP contribution in [0.4, 0.5) is 5.69 Å². The predicted molar refractivity (Wildman–Crippen MR) is 65.6 cm³/mol. The van der Waals surface area contributed by atoms with Crippen LogP contribution in [0.15, 0.2) is 35.4 Å². The second-order valence-corrected chi connectivity index (χ2v) is 3.59. The van der Waals surface area contributed by atoms with E-state index in [0.717, 1.165) is 6.07 Å². The van der Waals surface area contributed by atoms with Gasteiger partial charge in [0, 0.05) is 11.0 Å². The molecule has 0 bridgehead atoms. The van der Waals surface area contributed by atoms with Crippen molar-refractivity contribution in [3.63, 3.8) is 0 Å². The van der Waals surface area contributed by atoms with Crippen molar-refractivity contribution in [2.24, 2.45) is 5.11 Å². The molecule has 2 aromatic rings. The van der Waals surface area contributed by atoms with E-state index in [-0.39, 0.29) is 11.3 Å². The van der Waals surface area contributed by atoms with Gasteiger partial charge in [-0.3, -0.25) is 0 Å². The highest BCUT2D eigenvalue weighted by Gasteiger charge is 2.19. The lowest BCUT2D eigenvalue weighted by molar-refractivity contribution is 0.0380. The molecule has 20 heavy (non-hydrogen) atoms. The average molecular weight is 276 g/mol. The SMILES string of the molecule is [N-]=[N+]=Nc1ccccc1C(=O)On1c(O)cc(O)c1O. The average Bonchev–Trinajstić information content (AvgIpc) is 2.66. The molecule has 0 fully saturated rings. The second-order valence-electron chi connectivity index (χ2n) is 3.59. The lowest BCUT2D eigenvalue weighted by atomic mass is 10.2. The minimum absolute atomic E-state index is 0.0235. The Morgan fingerprint density at radius 3 is 2.60 bits per heavy atom. The number of carbonyl (C=O) groups is 1. The van der Waals surface area contributed by atoms with E-state index in [2.05, 4.69) is 10.0 Å². The molecule has 2 rings (SSSR count). The molecule has 0 saturated heterocycles. The van der Waals surface area contributed by atoms with E-state index in [9.17, 15) is 15.0 Å². The third kappa shape index (κ3) is 2.28. The van der Waals surface area contributed by atoms with E-state index in [1.807, 2.05) is 0 Å². The monoisotopic (exact) mass is 276 g/mol. The van der Waals surface area contributed by atoms with Crippen LogP contribution in [-0.4, -0.2) is 26.0 Å². The zero-order valence-electron chi connectivity index (χ0n) is 9.83. The largest absolute Gasteiger partial charge is 0.503 e. The van der Waals surface area contributed by atoms with Crippen LogP contribution in [0, 0.1) is 0 Å². The molecule has 0 atom stereocenters. The van der Waals surface area contributed by atoms with Gasteiger partial charge in [0.2, 0.25) is 5.88 Å². The summed E-state index contributed by atoms with van der Waals surface area (Å²) in [6, 6.07) is 6.59. The summed E-state index contributed by atoms with van der Waals surface area (Å²) in [5.41, 5.74) is 8.35. The Morgan fingerprint density at radius 1 is 1.30 bits per heavy atom. The van der Waals surface area contributed by atoms with E-state index in [1.165, 1.54) is 18.2 Å². The van der Waals surface area contributed by atoms with Crippen LogP contribution in [0.3, 0.4) is 0 Å². The van der Waals surface area contributed by atoms with Gasteiger partial charge in [0.25, 0.3) is 5.88 Å². The van der Waals surface area contributed by atoms with Crippen molar-refractivity contribution in [2.75, 3.05) is 0 Å². The highest BCUT2D eigenvalue weighted by molar-refractivity contribution is 5.95. The quantitative estimate of drug-likeness (QED) is 0.445. The third-order valence-corrected chi connectivity index (χ3v) is 2.35. The van der Waals surface area contributed by atoms with Crippen LogP contribution in [-0.2, 0) is 0 Å². The second kappa shape index (κ2) is 5.12. The van der Waals surface area contributed by atoms with Gasteiger partial charge in [-0.25, -0.2) is 4.79 Å². The molecule has 9 heteroatoms. The fraction of sp³-hybridized carbons (Fsp3) is 0. The Kier molecular flexibility index (Phi) is 3.36. The van der Waals surface area contributed by atoms with Crippen LogP contribution in [0.1, 0.15) is 10.4 Å². The molecule has 1 aromatic carbocycles. The summed E-state index contributed by atoms with van der Waals surface area (Å²) in [5.74, 6) is -3.15. The molecule has 1 heterocycles. The minimum Gasteiger partial charge on any atom is -0.503 e. The van der Waals surface area contributed by atoms with Gasteiger partial charge in [0.05, 0.1) is 11.3 Å². The van der Waals surface area contributed by atoms with Crippen molar-refractivity contribution in [3.8, 4) is 17.5 Å². The van der Waals surface area contributed by atoms with Crippen molar-refractivity contribution >= 4 is 11.7 Å². The summed E-state index contributed by atoms with van der Waals surface area (Å²) in [4.78, 5) is 19.2. The molecule has 0 aliphatic heterocycles. The number of benzene rings is 1. The standard InChI is InChI=1S/C11H8N4O5/c12-14-13-7-4-2-1-3-6(7)11(19)20-15-9(17)5-8(16)10(15)18/h1-5,16-18H. The molecular weight excluding hydrogens is 268 g/mol. The van der Waals surface area contributed by atoms with Crippen LogP contribution in [0.5, 0.6) is 17.5 Å². The zero-order valence-corrected chi connectivity index (χ0v) is 9.83. The Bertz CT molecular complexity index is 718. The van der Waals surface area contributed by atoms with E-state index in [0.29, 0.717) is 4.73 Å². The normalized spacial score (nSPS) is 9.80. The van der Waals surface area contributed by atoms with E-state index < -0.39 is 23.5 Å². The molecule has 0 radical (unpaired) electrons. The number of carbonyl (C=O) groups excluding carboxylic acids is 1. The van der Waals surface area contributed by atoms with Gasteiger partial charge in [0.15, 0.2) is 5.75 Å². The first-order chi connectivity index (χ1) is 9.54. The Labute approximate surface area is 111 Å². The minimum atomic E-state index is -0.991. The summed E-state index contributed by atoms with van der Waals surface area (Å²) in [6.45, 7) is 0. The lowest BCUT2D eigenvalue weighted by Crippen LogP contribution is -2.19. The highest BCUT2D eigenvalue weighted by atomic mass is 16.7. The summed E-state index contributed by atoms with van der Waals surface area (Å²) < 4.78 is 0.338. The number of rotatable bonds is 3. The van der Waals surface area contributed by atoms with Gasteiger partial charge in [-0.05, 0) is 11.6 Å². The van der Waals surface area contributed by atoms with Crippen molar-refractivity contribution < 1.29 is 25.0 Å². The third-order valence-electron chi connectivity index (χ3n) is 2.35. The summed E-state index contributed by atoms with van der Waals surface area (Å²) in [5, 5.41) is 31.2. The molecule has 3 N–H and O–H groups in total. The molecule has 0 saturated carbocycles. The highest BCUT2D eigenvalue weighted by Crippen LogP contribution is 2.32. The summed E-state index contributed by atoms with van der Waals surface area (Å²) in [6.07, 6.45) is 0. The molecule has 9 nitrogen and oxygen atoms in total. The summed E-state index contributed by atoms with van der Waals surface area (Å²) >= 11 is 0. The zero-order chi connectivity index (χ0) is 14.7. The molecule has 0 aliphatic rings. The van der Waals surface area contributed by atoms with Crippen LogP contribution < -0.4 is 4.84 Å². The molecule has 102 valence electrons. The van der Waals surface area contributed by atoms with Crippen molar-refractivity contribution in [1.82, 2.24) is 4.73 Å². The topological polar surface area (TPSA) is 141 Å². The van der Waals surface area contributed by atoms with E-state index >= 15 is 0 Å². The van der Waals surface area contributed by atoms with Gasteiger partial charge in [-0.15, -0.1) is 4.73 Å². The number of azide groups is 1. The Balaban J connectivity index is 2.36. The maximum Gasteiger partial charge on any atom is 0.364 e. The van der Waals surface area contributed by atoms with Crippen LogP contribution >= 0.6 is 0 Å². The lowest BCUT2D eigenvalue weighted by Gasteiger charge is -2.07. The molecule has 0 aliphatic carbocycles. The van der Waals surface area contributed by atoms with E-state index in [4.69, 9.17) is 15.5 Å². The predicted octanol–water partition coefficient (Wildman–Crippen LogP) is 1.82. The van der Waals surface area contributed by atoms with Gasteiger partial charge in [0.1, 0.15) is 0 Å². The summed E-state index contributed by atoms with van der Waals surface area (Å²) in [7, 11) is 0. The molecular formula is C11H8N4O5. The van der Waals surface area contributed by atoms with Crippen molar-refractivity contribution in [2.45, 2.75) is 0 Å². The van der Waals surface area contributed by atoms with Gasteiger partial charge in [-0.1, -0.05) is 23.3 Å². The Hall–Kier alpha value is -3.32. The van der Waals surface area contributed by atoms with Gasteiger partial charge < -0.3 is 20.2 Å². The van der Waals surface area contributed by atoms with Gasteiger partial charge in [-0.2, -0.15) is 0 Å². The number of aromatic hydroxyl groups is 3. The first-order valence-corrected chi connectivity index (χ1v) is 5.24. The molecule has 0 spiro atoms. The maximum absolute atomic E-state index is 11.9. The maximum atomic E-state index is 11.9. The molecule has 0 unspecified atom stereocenters. The van der Waals surface area contributed by atoms with Crippen LogP contribution in [0.25, 0.3) is 10.4 Å². The Morgan fingerprint density at radius 2 is 2.00 bits per heavy atom. The smallest absolute Gasteiger partial charge is 0.364 e. The fourth-order valence-corrected chi connectivity index (χ4v) is 1.46. The van der Waals surface area contributed by atoms with E-state index in [1.54, 1.807) is 6.07 Å². The number of nitrogens with zero attached hydrogens (tertiary/aromatic N) is 4. The van der Waals surface area contributed by atoms with Crippen molar-refractivity contribution in [3.05, 3.63) is 46.3 Å². The first-order valence-electron chi connectivity index (χ1n) is 5.24. The number of hydrogen-bond donors (Lipinski definition) is 3. The van der Waals surface area contributed by atoms with Crippen molar-refractivity contribution in [1.29, 1.82) is 0 Å². The van der Waals surface area contributed by atoms with Crippen LogP contribution in [0.2, 0.25) is 0 Å². The number of hydrogen-bond acceptors (Lipinski definition) is 6. The molecule has 1 aromatic heterocycles. The molecule has 0 amide bonds. The first kappa shape index (κ1) is 13.1. The number of aromatic nitrogens is 1.